The fraction of sp³-hybridized carbons (Fsp3) is 0.312. The van der Waals surface area contributed by atoms with Crippen LogP contribution in [0.3, 0.4) is 0 Å². The number of hydrogen-bond donors (Lipinski definition) is 1. The standard InChI is InChI=1S/C16H18N6O2/c1-4-14-17-8-7-15(19-14)24-9-12-16(20-21-22(12)3)11-5-6-13(23)10(2)18-11/h5-8,23H,4,9H2,1-3H3. The lowest BCUT2D eigenvalue weighted by Gasteiger charge is -2.08. The smallest absolute Gasteiger partial charge is 0.216 e. The van der Waals surface area contributed by atoms with E-state index in [-0.39, 0.29) is 12.4 Å². The molecule has 3 rings (SSSR count). The van der Waals surface area contributed by atoms with Gasteiger partial charge in [-0.05, 0) is 19.1 Å². The fourth-order valence-corrected chi connectivity index (χ4v) is 2.20. The summed E-state index contributed by atoms with van der Waals surface area (Å²) in [7, 11) is 1.79. The summed E-state index contributed by atoms with van der Waals surface area (Å²) in [6.45, 7) is 3.97. The number of nitrogens with zero attached hydrogens (tertiary/aromatic N) is 6. The Balaban J connectivity index is 1.86. The van der Waals surface area contributed by atoms with Gasteiger partial charge in [-0.15, -0.1) is 5.10 Å². The van der Waals surface area contributed by atoms with E-state index in [0.717, 1.165) is 17.9 Å². The second kappa shape index (κ2) is 6.61. The number of hydrogen-bond acceptors (Lipinski definition) is 7. The molecule has 0 amide bonds. The van der Waals surface area contributed by atoms with Crippen LogP contribution < -0.4 is 4.74 Å². The quantitative estimate of drug-likeness (QED) is 0.763. The number of ether oxygens (including phenoxy) is 1. The average Bonchev–Trinajstić information content (AvgIpc) is 2.96. The molecule has 0 unspecified atom stereocenters. The zero-order chi connectivity index (χ0) is 17.1. The van der Waals surface area contributed by atoms with E-state index in [0.29, 0.717) is 23.0 Å². The Morgan fingerprint density at radius 3 is 2.79 bits per heavy atom. The van der Waals surface area contributed by atoms with Crippen molar-refractivity contribution in [2.45, 2.75) is 26.9 Å². The first-order valence-electron chi connectivity index (χ1n) is 7.58. The lowest BCUT2D eigenvalue weighted by Crippen LogP contribution is -2.06. The summed E-state index contributed by atoms with van der Waals surface area (Å²) < 4.78 is 7.40. The Morgan fingerprint density at radius 2 is 2.04 bits per heavy atom. The molecule has 0 aliphatic heterocycles. The van der Waals surface area contributed by atoms with Crippen LogP contribution in [-0.2, 0) is 20.1 Å². The molecule has 124 valence electrons. The van der Waals surface area contributed by atoms with Gasteiger partial charge in [0.15, 0.2) is 0 Å². The topological polar surface area (TPSA) is 98.8 Å². The normalized spacial score (nSPS) is 10.8. The number of aryl methyl sites for hydroxylation is 3. The van der Waals surface area contributed by atoms with Crippen LogP contribution in [0.1, 0.15) is 24.1 Å². The Morgan fingerprint density at radius 1 is 1.21 bits per heavy atom. The second-order valence-electron chi connectivity index (χ2n) is 5.26. The van der Waals surface area contributed by atoms with Crippen molar-refractivity contribution in [1.29, 1.82) is 0 Å². The van der Waals surface area contributed by atoms with E-state index < -0.39 is 0 Å². The third-order valence-corrected chi connectivity index (χ3v) is 3.60. The van der Waals surface area contributed by atoms with Crippen LogP contribution in [0.25, 0.3) is 11.4 Å². The molecule has 8 heteroatoms. The lowest BCUT2D eigenvalue weighted by atomic mass is 10.2. The fourth-order valence-electron chi connectivity index (χ4n) is 2.20. The molecule has 24 heavy (non-hydrogen) atoms. The minimum absolute atomic E-state index is 0.147. The molecular formula is C16H18N6O2. The van der Waals surface area contributed by atoms with Crippen molar-refractivity contribution in [1.82, 2.24) is 29.9 Å². The van der Waals surface area contributed by atoms with E-state index in [1.165, 1.54) is 0 Å². The molecule has 0 radical (unpaired) electrons. The molecule has 3 aromatic heterocycles. The van der Waals surface area contributed by atoms with Crippen molar-refractivity contribution >= 4 is 0 Å². The van der Waals surface area contributed by atoms with Crippen LogP contribution in [-0.4, -0.2) is 35.1 Å². The predicted octanol–water partition coefficient (Wildman–Crippen LogP) is 1.82. The Bertz CT molecular complexity index is 862. The van der Waals surface area contributed by atoms with Gasteiger partial charge in [-0.3, -0.25) is 0 Å². The predicted molar refractivity (Wildman–Crippen MR) is 86.4 cm³/mol. The molecule has 0 fully saturated rings. The van der Waals surface area contributed by atoms with Gasteiger partial charge >= 0.3 is 0 Å². The third kappa shape index (κ3) is 3.17. The highest BCUT2D eigenvalue weighted by Gasteiger charge is 2.16. The zero-order valence-corrected chi connectivity index (χ0v) is 13.8. The molecule has 0 bridgehead atoms. The van der Waals surface area contributed by atoms with E-state index in [9.17, 15) is 5.11 Å². The molecule has 0 aliphatic rings. The Kier molecular flexibility index (Phi) is 4.37. The van der Waals surface area contributed by atoms with E-state index in [4.69, 9.17) is 4.74 Å². The summed E-state index contributed by atoms with van der Waals surface area (Å²) in [4.78, 5) is 12.8. The molecule has 0 aliphatic carbocycles. The SMILES string of the molecule is CCc1nccc(OCc2c(-c3ccc(O)c(C)n3)nnn2C)n1. The van der Waals surface area contributed by atoms with Crippen LogP contribution in [0.5, 0.6) is 11.6 Å². The van der Waals surface area contributed by atoms with Gasteiger partial charge in [0, 0.05) is 25.7 Å². The third-order valence-electron chi connectivity index (χ3n) is 3.60. The molecule has 0 spiro atoms. The van der Waals surface area contributed by atoms with Gasteiger partial charge in [-0.25, -0.2) is 14.6 Å². The van der Waals surface area contributed by atoms with Gasteiger partial charge in [0.05, 0.1) is 11.4 Å². The van der Waals surface area contributed by atoms with E-state index in [1.807, 2.05) is 6.92 Å². The van der Waals surface area contributed by atoms with Crippen LogP contribution in [0.2, 0.25) is 0 Å². The first kappa shape index (κ1) is 15.9. The zero-order valence-electron chi connectivity index (χ0n) is 13.8. The highest BCUT2D eigenvalue weighted by atomic mass is 16.5. The van der Waals surface area contributed by atoms with Crippen molar-refractivity contribution in [3.8, 4) is 23.0 Å². The number of pyridine rings is 1. The van der Waals surface area contributed by atoms with Crippen LogP contribution >= 0.6 is 0 Å². The van der Waals surface area contributed by atoms with E-state index >= 15 is 0 Å². The van der Waals surface area contributed by atoms with E-state index in [1.54, 1.807) is 43.0 Å². The molecule has 1 N–H and O–H groups in total. The number of rotatable bonds is 5. The Labute approximate surface area is 139 Å². The highest BCUT2D eigenvalue weighted by molar-refractivity contribution is 5.57. The summed E-state index contributed by atoms with van der Waals surface area (Å²) in [5.74, 6) is 1.38. The maximum Gasteiger partial charge on any atom is 0.216 e. The summed E-state index contributed by atoms with van der Waals surface area (Å²) >= 11 is 0. The first-order chi connectivity index (χ1) is 11.6. The molecule has 8 nitrogen and oxygen atoms in total. The van der Waals surface area contributed by atoms with Crippen LogP contribution in [0.4, 0.5) is 0 Å². The molecule has 0 saturated carbocycles. The minimum atomic E-state index is 0.147. The number of aromatic hydroxyl groups is 1. The molecule has 0 aromatic carbocycles. The maximum absolute atomic E-state index is 9.62. The monoisotopic (exact) mass is 326 g/mol. The van der Waals surface area contributed by atoms with Crippen LogP contribution in [0, 0.1) is 6.92 Å². The average molecular weight is 326 g/mol. The van der Waals surface area contributed by atoms with Gasteiger partial charge in [0.2, 0.25) is 5.88 Å². The van der Waals surface area contributed by atoms with Gasteiger partial charge < -0.3 is 9.84 Å². The molecule has 3 aromatic rings. The van der Waals surface area contributed by atoms with Gasteiger partial charge in [-0.1, -0.05) is 12.1 Å². The molecule has 0 atom stereocenters. The largest absolute Gasteiger partial charge is 0.506 e. The van der Waals surface area contributed by atoms with Gasteiger partial charge in [-0.2, -0.15) is 4.98 Å². The summed E-state index contributed by atoms with van der Waals surface area (Å²) in [5, 5.41) is 17.8. The molecule has 3 heterocycles. The van der Waals surface area contributed by atoms with Gasteiger partial charge in [0.1, 0.15) is 29.6 Å². The van der Waals surface area contributed by atoms with E-state index in [2.05, 4.69) is 25.3 Å². The summed E-state index contributed by atoms with van der Waals surface area (Å²) in [6, 6.07) is 5.01. The minimum Gasteiger partial charge on any atom is -0.506 e. The lowest BCUT2D eigenvalue weighted by molar-refractivity contribution is 0.282. The molecule has 0 saturated heterocycles. The van der Waals surface area contributed by atoms with Crippen molar-refractivity contribution in [3.63, 3.8) is 0 Å². The molecular weight excluding hydrogens is 308 g/mol. The summed E-state index contributed by atoms with van der Waals surface area (Å²) in [6.07, 6.45) is 2.42. The van der Waals surface area contributed by atoms with Crippen molar-refractivity contribution in [2.75, 3.05) is 0 Å². The van der Waals surface area contributed by atoms with Crippen LogP contribution in [0.15, 0.2) is 24.4 Å². The Hall–Kier alpha value is -3.03. The highest BCUT2D eigenvalue weighted by Crippen LogP contribution is 2.23. The maximum atomic E-state index is 9.62. The first-order valence-corrected chi connectivity index (χ1v) is 7.58. The van der Waals surface area contributed by atoms with Crippen molar-refractivity contribution < 1.29 is 9.84 Å². The van der Waals surface area contributed by atoms with Crippen molar-refractivity contribution in [3.05, 3.63) is 41.6 Å². The summed E-state index contributed by atoms with van der Waals surface area (Å²) in [5.41, 5.74) is 2.55. The second-order valence-corrected chi connectivity index (χ2v) is 5.26. The van der Waals surface area contributed by atoms with Gasteiger partial charge in [0.25, 0.3) is 0 Å². The van der Waals surface area contributed by atoms with Crippen molar-refractivity contribution in [2.24, 2.45) is 7.05 Å². The number of aromatic nitrogens is 6.